The van der Waals surface area contributed by atoms with Crippen LogP contribution in [-0.4, -0.2) is 47.5 Å². The summed E-state index contributed by atoms with van der Waals surface area (Å²) in [4.78, 5) is 29.8. The molecule has 5 rings (SSSR count). The molecule has 0 bridgehead atoms. The van der Waals surface area contributed by atoms with Crippen molar-refractivity contribution in [1.82, 2.24) is 9.80 Å². The molecule has 3 aromatic carbocycles. The maximum atomic E-state index is 13.1. The van der Waals surface area contributed by atoms with Crippen LogP contribution in [0, 0.1) is 0 Å². The van der Waals surface area contributed by atoms with Crippen molar-refractivity contribution in [3.63, 3.8) is 0 Å². The summed E-state index contributed by atoms with van der Waals surface area (Å²) in [6, 6.07) is 29.5. The Morgan fingerprint density at radius 2 is 1.41 bits per heavy atom. The molecule has 162 valence electrons. The highest BCUT2D eigenvalue weighted by Gasteiger charge is 2.58. The Morgan fingerprint density at radius 1 is 0.844 bits per heavy atom. The maximum absolute atomic E-state index is 13.1. The quantitative estimate of drug-likeness (QED) is 0.614. The predicted molar refractivity (Wildman–Crippen MR) is 122 cm³/mol. The highest BCUT2D eigenvalue weighted by molar-refractivity contribution is 5.78. The minimum absolute atomic E-state index is 0.114. The van der Waals surface area contributed by atoms with Crippen molar-refractivity contribution < 1.29 is 14.3 Å². The van der Waals surface area contributed by atoms with E-state index in [0.29, 0.717) is 32.5 Å². The van der Waals surface area contributed by atoms with Gasteiger partial charge in [-0.3, -0.25) is 9.69 Å². The van der Waals surface area contributed by atoms with Crippen molar-refractivity contribution >= 4 is 12.0 Å². The molecule has 2 aliphatic rings. The number of rotatable bonds is 5. The Kier molecular flexibility index (Phi) is 5.39. The molecule has 5 nitrogen and oxygen atoms in total. The fourth-order valence-electron chi connectivity index (χ4n) is 4.94. The minimum atomic E-state index is -0.946. The summed E-state index contributed by atoms with van der Waals surface area (Å²) in [6.07, 6.45) is 0.844. The summed E-state index contributed by atoms with van der Waals surface area (Å²) in [7, 11) is 0. The van der Waals surface area contributed by atoms with Gasteiger partial charge in [0.25, 0.3) is 0 Å². The van der Waals surface area contributed by atoms with Crippen LogP contribution in [0.1, 0.15) is 23.1 Å². The summed E-state index contributed by atoms with van der Waals surface area (Å²) in [5, 5.41) is 0. The molecule has 1 unspecified atom stereocenters. The van der Waals surface area contributed by atoms with Crippen molar-refractivity contribution in [2.75, 3.05) is 19.6 Å². The van der Waals surface area contributed by atoms with Gasteiger partial charge in [0.05, 0.1) is 0 Å². The summed E-state index contributed by atoms with van der Waals surface area (Å²) < 4.78 is 6.17. The lowest BCUT2D eigenvalue weighted by atomic mass is 9.79. The number of amides is 2. The number of hydrogen-bond acceptors (Lipinski definition) is 3. The number of nitrogens with zero attached hydrogens (tertiary/aromatic N) is 2. The average Bonchev–Trinajstić information content (AvgIpc) is 3.17. The largest absolute Gasteiger partial charge is 0.431 e. The Hall–Kier alpha value is -3.60. The van der Waals surface area contributed by atoms with Gasteiger partial charge < -0.3 is 9.64 Å². The highest BCUT2D eigenvalue weighted by Crippen LogP contribution is 2.45. The summed E-state index contributed by atoms with van der Waals surface area (Å²) in [5.41, 5.74) is 2.05. The molecule has 1 atom stereocenters. The molecule has 0 saturated carbocycles. The molecule has 0 aliphatic carbocycles. The fourth-order valence-corrected chi connectivity index (χ4v) is 4.94. The zero-order chi connectivity index (χ0) is 22.0. The molecule has 0 spiro atoms. The van der Waals surface area contributed by atoms with Crippen LogP contribution in [0.25, 0.3) is 0 Å². The molecular formula is C27H26N2O3. The van der Waals surface area contributed by atoms with E-state index in [-0.39, 0.29) is 18.0 Å². The van der Waals surface area contributed by atoms with Crippen LogP contribution in [0.5, 0.6) is 0 Å². The van der Waals surface area contributed by atoms with Crippen LogP contribution < -0.4 is 0 Å². The van der Waals surface area contributed by atoms with Gasteiger partial charge in [-0.25, -0.2) is 4.79 Å². The molecule has 5 heteroatoms. The molecule has 3 aromatic rings. The van der Waals surface area contributed by atoms with E-state index in [1.807, 2.05) is 95.9 Å². The molecule has 0 N–H and O–H groups in total. The van der Waals surface area contributed by atoms with E-state index in [1.165, 1.54) is 0 Å². The van der Waals surface area contributed by atoms with E-state index in [0.717, 1.165) is 16.7 Å². The van der Waals surface area contributed by atoms with Crippen LogP contribution in [0.4, 0.5) is 4.79 Å². The average molecular weight is 427 g/mol. The third-order valence-corrected chi connectivity index (χ3v) is 6.56. The van der Waals surface area contributed by atoms with E-state index in [1.54, 1.807) is 4.90 Å². The zero-order valence-electron chi connectivity index (χ0n) is 17.9. The molecule has 2 heterocycles. The number of benzene rings is 3. The second-order valence-corrected chi connectivity index (χ2v) is 8.37. The van der Waals surface area contributed by atoms with E-state index in [9.17, 15) is 9.59 Å². The summed E-state index contributed by atoms with van der Waals surface area (Å²) in [6.45, 7) is 1.45. The number of carbonyl (C=O) groups excluding carboxylic acids is 2. The Bertz CT molecular complexity index is 1050. The number of aryl methyl sites for hydroxylation is 1. The molecule has 2 saturated heterocycles. The molecule has 2 aliphatic heterocycles. The van der Waals surface area contributed by atoms with Crippen molar-refractivity contribution in [3.05, 3.63) is 108 Å². The van der Waals surface area contributed by atoms with Crippen LogP contribution >= 0.6 is 0 Å². The van der Waals surface area contributed by atoms with Gasteiger partial charge in [-0.05, 0) is 12.0 Å². The lowest BCUT2D eigenvalue weighted by Gasteiger charge is -2.42. The second-order valence-electron chi connectivity index (χ2n) is 8.37. The molecule has 2 fully saturated rings. The van der Waals surface area contributed by atoms with Gasteiger partial charge in [0.2, 0.25) is 5.91 Å². The molecule has 0 radical (unpaired) electrons. The molecule has 2 amide bonds. The van der Waals surface area contributed by atoms with Gasteiger partial charge >= 0.3 is 6.09 Å². The second kappa shape index (κ2) is 8.50. The molecular weight excluding hydrogens is 400 g/mol. The van der Waals surface area contributed by atoms with Crippen LogP contribution in [0.3, 0.4) is 0 Å². The SMILES string of the molecule is O=C(CCc1ccccc1)N1CCN2C(=O)OC(c3ccccc3)(c3ccccc3)C2C1. The lowest BCUT2D eigenvalue weighted by Crippen LogP contribution is -2.58. The van der Waals surface area contributed by atoms with Crippen LogP contribution in [-0.2, 0) is 21.6 Å². The smallest absolute Gasteiger partial charge is 0.411 e. The van der Waals surface area contributed by atoms with Crippen LogP contribution in [0.15, 0.2) is 91.0 Å². The van der Waals surface area contributed by atoms with Crippen molar-refractivity contribution in [3.8, 4) is 0 Å². The molecule has 32 heavy (non-hydrogen) atoms. The number of ether oxygens (including phenoxy) is 1. The van der Waals surface area contributed by atoms with Gasteiger partial charge in [-0.15, -0.1) is 0 Å². The standard InChI is InChI=1S/C27H26N2O3/c30-25(17-16-21-10-4-1-5-11-21)28-18-19-29-24(20-28)27(32-26(29)31,22-12-6-2-7-13-22)23-14-8-3-9-15-23/h1-15,24H,16-20H2. The third kappa shape index (κ3) is 3.54. The van der Waals surface area contributed by atoms with Gasteiger partial charge in [0.15, 0.2) is 5.60 Å². The Morgan fingerprint density at radius 3 is 2.00 bits per heavy atom. The third-order valence-electron chi connectivity index (χ3n) is 6.56. The first-order valence-corrected chi connectivity index (χ1v) is 11.1. The van der Waals surface area contributed by atoms with Gasteiger partial charge in [-0.2, -0.15) is 0 Å². The summed E-state index contributed by atoms with van der Waals surface area (Å²) >= 11 is 0. The van der Waals surface area contributed by atoms with E-state index in [2.05, 4.69) is 0 Å². The van der Waals surface area contributed by atoms with Crippen LogP contribution in [0.2, 0.25) is 0 Å². The van der Waals surface area contributed by atoms with Gasteiger partial charge in [-0.1, -0.05) is 91.0 Å². The fraction of sp³-hybridized carbons (Fsp3) is 0.259. The van der Waals surface area contributed by atoms with E-state index >= 15 is 0 Å². The van der Waals surface area contributed by atoms with Gasteiger partial charge in [0, 0.05) is 37.2 Å². The van der Waals surface area contributed by atoms with Crippen molar-refractivity contribution in [2.24, 2.45) is 0 Å². The minimum Gasteiger partial charge on any atom is -0.431 e. The number of hydrogen-bond donors (Lipinski definition) is 0. The monoisotopic (exact) mass is 426 g/mol. The normalized spacial score (nSPS) is 19.4. The Labute approximate surface area is 188 Å². The van der Waals surface area contributed by atoms with E-state index in [4.69, 9.17) is 4.74 Å². The number of piperazine rings is 1. The lowest BCUT2D eigenvalue weighted by molar-refractivity contribution is -0.134. The maximum Gasteiger partial charge on any atom is 0.411 e. The van der Waals surface area contributed by atoms with Crippen molar-refractivity contribution in [2.45, 2.75) is 24.5 Å². The first kappa shape index (κ1) is 20.3. The first-order chi connectivity index (χ1) is 15.7. The molecule has 0 aromatic heterocycles. The first-order valence-electron chi connectivity index (χ1n) is 11.1. The number of fused-ring (bicyclic) bond motifs is 1. The predicted octanol–water partition coefficient (Wildman–Crippen LogP) is 4.23. The zero-order valence-corrected chi connectivity index (χ0v) is 17.9. The summed E-state index contributed by atoms with van der Waals surface area (Å²) in [5.74, 6) is 0.114. The topological polar surface area (TPSA) is 49.9 Å². The van der Waals surface area contributed by atoms with E-state index < -0.39 is 5.60 Å². The van der Waals surface area contributed by atoms with Crippen molar-refractivity contribution in [1.29, 1.82) is 0 Å². The van der Waals surface area contributed by atoms with Gasteiger partial charge in [0.1, 0.15) is 6.04 Å². The number of cyclic esters (lactones) is 1. The Balaban J connectivity index is 1.45. The highest BCUT2D eigenvalue weighted by atomic mass is 16.6. The number of carbonyl (C=O) groups is 2.